The summed E-state index contributed by atoms with van der Waals surface area (Å²) in [6.45, 7) is 5.96. The first-order valence-corrected chi connectivity index (χ1v) is 6.41. The van der Waals surface area contributed by atoms with Crippen LogP contribution in [0.1, 0.15) is 34.0 Å². The van der Waals surface area contributed by atoms with Crippen molar-refractivity contribution in [3.63, 3.8) is 0 Å². The summed E-state index contributed by atoms with van der Waals surface area (Å²) < 4.78 is 0. The van der Waals surface area contributed by atoms with Gasteiger partial charge in [0.2, 0.25) is 0 Å². The minimum Gasteiger partial charge on any atom is -0.480 e. The molecule has 1 amide bonds. The Kier molecular flexibility index (Phi) is 4.69. The number of likely N-dealkylation sites (N-methyl/N-ethyl adjacent to an activating group) is 1. The van der Waals surface area contributed by atoms with Crippen molar-refractivity contribution in [3.8, 4) is 0 Å². The number of amides is 1. The first-order valence-electron chi connectivity index (χ1n) is 5.59. The molecule has 1 aromatic heterocycles. The van der Waals surface area contributed by atoms with Crippen LogP contribution in [-0.2, 0) is 11.2 Å². The van der Waals surface area contributed by atoms with Crippen LogP contribution >= 0.6 is 11.3 Å². The number of carboxylic acid groups (broad SMARTS) is 1. The van der Waals surface area contributed by atoms with Crippen LogP contribution in [0.15, 0.2) is 6.07 Å². The van der Waals surface area contributed by atoms with Crippen molar-refractivity contribution in [1.82, 2.24) is 4.90 Å². The smallest absolute Gasteiger partial charge is 0.323 e. The zero-order chi connectivity index (χ0) is 13.0. The number of aryl methyl sites for hydroxylation is 2. The van der Waals surface area contributed by atoms with Gasteiger partial charge in [0.05, 0.1) is 4.88 Å². The number of hydrogen-bond acceptors (Lipinski definition) is 3. The van der Waals surface area contributed by atoms with Gasteiger partial charge in [-0.3, -0.25) is 9.59 Å². The van der Waals surface area contributed by atoms with Crippen LogP contribution in [0.4, 0.5) is 0 Å². The number of rotatable bonds is 5. The van der Waals surface area contributed by atoms with Crippen molar-refractivity contribution < 1.29 is 14.7 Å². The van der Waals surface area contributed by atoms with Crippen molar-refractivity contribution in [3.05, 3.63) is 21.4 Å². The lowest BCUT2D eigenvalue weighted by Crippen LogP contribution is -2.34. The first kappa shape index (κ1) is 13.7. The van der Waals surface area contributed by atoms with E-state index in [2.05, 4.69) is 0 Å². The highest BCUT2D eigenvalue weighted by atomic mass is 32.1. The van der Waals surface area contributed by atoms with E-state index in [-0.39, 0.29) is 12.5 Å². The fraction of sp³-hybridized carbons (Fsp3) is 0.500. The van der Waals surface area contributed by atoms with E-state index in [4.69, 9.17) is 5.11 Å². The molecule has 0 atom stereocenters. The Morgan fingerprint density at radius 2 is 2.06 bits per heavy atom. The quantitative estimate of drug-likeness (QED) is 0.877. The van der Waals surface area contributed by atoms with E-state index in [0.29, 0.717) is 11.4 Å². The van der Waals surface area contributed by atoms with Crippen LogP contribution in [0.3, 0.4) is 0 Å². The second-order valence-electron chi connectivity index (χ2n) is 3.78. The fourth-order valence-electron chi connectivity index (χ4n) is 1.62. The molecule has 0 saturated heterocycles. The predicted octanol–water partition coefficient (Wildman–Crippen LogP) is 2.17. The van der Waals surface area contributed by atoms with Gasteiger partial charge >= 0.3 is 5.97 Å². The molecule has 94 valence electrons. The molecule has 0 unspecified atom stereocenters. The van der Waals surface area contributed by atoms with Gasteiger partial charge in [-0.25, -0.2) is 0 Å². The molecule has 1 heterocycles. The van der Waals surface area contributed by atoms with Crippen molar-refractivity contribution in [2.75, 3.05) is 13.1 Å². The SMILES string of the molecule is CCc1sc(C(=O)N(CC)CC(=O)O)cc1C. The van der Waals surface area contributed by atoms with Gasteiger partial charge in [0, 0.05) is 11.4 Å². The molecule has 0 spiro atoms. The molecule has 0 aliphatic carbocycles. The molecule has 0 radical (unpaired) electrons. The second-order valence-corrected chi connectivity index (χ2v) is 4.92. The molecule has 0 aliphatic rings. The molecule has 0 fully saturated rings. The van der Waals surface area contributed by atoms with E-state index < -0.39 is 5.97 Å². The molecule has 4 nitrogen and oxygen atoms in total. The van der Waals surface area contributed by atoms with Crippen LogP contribution in [0, 0.1) is 6.92 Å². The third-order valence-corrected chi connectivity index (χ3v) is 3.92. The maximum absolute atomic E-state index is 12.1. The molecular formula is C12H17NO3S. The van der Waals surface area contributed by atoms with Crippen LogP contribution in [0.2, 0.25) is 0 Å². The molecule has 1 aromatic rings. The lowest BCUT2D eigenvalue weighted by Gasteiger charge is -2.17. The molecule has 0 aromatic carbocycles. The van der Waals surface area contributed by atoms with Crippen molar-refractivity contribution in [1.29, 1.82) is 0 Å². The number of carboxylic acids is 1. The van der Waals surface area contributed by atoms with Crippen LogP contribution in [-0.4, -0.2) is 35.0 Å². The summed E-state index contributed by atoms with van der Waals surface area (Å²) in [6, 6.07) is 1.84. The van der Waals surface area contributed by atoms with Gasteiger partial charge in [-0.2, -0.15) is 0 Å². The summed E-state index contributed by atoms with van der Waals surface area (Å²) in [5, 5.41) is 8.73. The summed E-state index contributed by atoms with van der Waals surface area (Å²) in [7, 11) is 0. The van der Waals surface area contributed by atoms with Crippen molar-refractivity contribution >= 4 is 23.2 Å². The van der Waals surface area contributed by atoms with Gasteiger partial charge in [0.15, 0.2) is 0 Å². The van der Waals surface area contributed by atoms with E-state index in [1.165, 1.54) is 21.1 Å². The van der Waals surface area contributed by atoms with E-state index >= 15 is 0 Å². The number of thiophene rings is 1. The van der Waals surface area contributed by atoms with E-state index in [0.717, 1.165) is 12.0 Å². The third kappa shape index (κ3) is 3.30. The predicted molar refractivity (Wildman–Crippen MR) is 67.6 cm³/mol. The number of carbonyl (C=O) groups excluding carboxylic acids is 1. The Balaban J connectivity index is 2.89. The van der Waals surface area contributed by atoms with Gasteiger partial charge < -0.3 is 10.0 Å². The monoisotopic (exact) mass is 255 g/mol. The molecule has 0 saturated carbocycles. The second kappa shape index (κ2) is 5.82. The van der Waals surface area contributed by atoms with Crippen molar-refractivity contribution in [2.24, 2.45) is 0 Å². The number of nitrogens with zero attached hydrogens (tertiary/aromatic N) is 1. The Labute approximate surface area is 105 Å². The lowest BCUT2D eigenvalue weighted by molar-refractivity contribution is -0.137. The Morgan fingerprint density at radius 1 is 1.41 bits per heavy atom. The summed E-state index contributed by atoms with van der Waals surface area (Å²) in [5.74, 6) is -1.17. The van der Waals surface area contributed by atoms with Crippen LogP contribution in [0.5, 0.6) is 0 Å². The highest BCUT2D eigenvalue weighted by Gasteiger charge is 2.19. The summed E-state index contributed by atoms with van der Waals surface area (Å²) in [6.07, 6.45) is 0.898. The topological polar surface area (TPSA) is 57.6 Å². The van der Waals surface area contributed by atoms with Crippen LogP contribution < -0.4 is 0 Å². The van der Waals surface area contributed by atoms with Crippen LogP contribution in [0.25, 0.3) is 0 Å². The maximum Gasteiger partial charge on any atom is 0.323 e. The van der Waals surface area contributed by atoms with Gasteiger partial charge in [0.1, 0.15) is 6.54 Å². The molecule has 17 heavy (non-hydrogen) atoms. The standard InChI is InChI=1S/C12H17NO3S/c1-4-9-8(3)6-10(17-9)12(16)13(5-2)7-11(14)15/h6H,4-5,7H2,1-3H3,(H,14,15). The Hall–Kier alpha value is -1.36. The Morgan fingerprint density at radius 3 is 2.47 bits per heavy atom. The number of aliphatic carboxylic acids is 1. The number of carbonyl (C=O) groups is 2. The zero-order valence-electron chi connectivity index (χ0n) is 10.3. The average Bonchev–Trinajstić information content (AvgIpc) is 2.66. The van der Waals surface area contributed by atoms with E-state index in [1.807, 2.05) is 19.9 Å². The minimum atomic E-state index is -0.982. The fourth-order valence-corrected chi connectivity index (χ4v) is 2.70. The summed E-state index contributed by atoms with van der Waals surface area (Å²) in [5.41, 5.74) is 1.10. The van der Waals surface area contributed by atoms with Gasteiger partial charge in [-0.05, 0) is 31.9 Å². The van der Waals surface area contributed by atoms with E-state index in [9.17, 15) is 9.59 Å². The minimum absolute atomic E-state index is 0.192. The van der Waals surface area contributed by atoms with Gasteiger partial charge in [-0.15, -0.1) is 11.3 Å². The number of hydrogen-bond donors (Lipinski definition) is 1. The lowest BCUT2D eigenvalue weighted by atomic mass is 10.2. The van der Waals surface area contributed by atoms with Gasteiger partial charge in [-0.1, -0.05) is 6.92 Å². The Bertz CT molecular complexity index is 425. The van der Waals surface area contributed by atoms with E-state index in [1.54, 1.807) is 6.92 Å². The summed E-state index contributed by atoms with van der Waals surface area (Å²) >= 11 is 1.45. The molecule has 1 rings (SSSR count). The zero-order valence-corrected chi connectivity index (χ0v) is 11.1. The molecule has 1 N–H and O–H groups in total. The van der Waals surface area contributed by atoms with Crippen molar-refractivity contribution in [2.45, 2.75) is 27.2 Å². The largest absolute Gasteiger partial charge is 0.480 e. The third-order valence-electron chi connectivity index (χ3n) is 2.55. The molecule has 5 heteroatoms. The maximum atomic E-state index is 12.1. The highest BCUT2D eigenvalue weighted by molar-refractivity contribution is 7.14. The van der Waals surface area contributed by atoms with Gasteiger partial charge in [0.25, 0.3) is 5.91 Å². The first-order chi connectivity index (χ1) is 7.99. The normalized spacial score (nSPS) is 10.3. The average molecular weight is 255 g/mol. The molecule has 0 aliphatic heterocycles. The highest BCUT2D eigenvalue weighted by Crippen LogP contribution is 2.23. The molecule has 0 bridgehead atoms. The summed E-state index contributed by atoms with van der Waals surface area (Å²) in [4.78, 5) is 25.9. The molecular weight excluding hydrogens is 238 g/mol.